The number of aromatic nitrogens is 1. The highest BCUT2D eigenvalue weighted by molar-refractivity contribution is 8.13. The lowest BCUT2D eigenvalue weighted by Gasteiger charge is -2.19. The minimum absolute atomic E-state index is 0.140. The third-order valence-electron chi connectivity index (χ3n) is 4.19. The quantitative estimate of drug-likeness (QED) is 0.546. The minimum Gasteiger partial charge on any atom is -0.339 e. The fraction of sp³-hybridized carbons (Fsp3) is 0.0952. The summed E-state index contributed by atoms with van der Waals surface area (Å²) in [4.78, 5) is 29.3. The highest BCUT2D eigenvalue weighted by Gasteiger charge is 2.23. The summed E-state index contributed by atoms with van der Waals surface area (Å²) in [5.41, 5.74) is 1.27. The second-order valence-electron chi connectivity index (χ2n) is 6.39. The largest absolute Gasteiger partial charge is 0.339 e. The number of nitrogens with zero attached hydrogens (tertiary/aromatic N) is 1. The number of pyridine rings is 1. The molecule has 0 aliphatic carbocycles. The second-order valence-corrected chi connectivity index (χ2v) is 8.95. The fourth-order valence-electron chi connectivity index (χ4n) is 2.74. The van der Waals surface area contributed by atoms with Gasteiger partial charge in [0, 0.05) is 29.0 Å². The lowest BCUT2D eigenvalue weighted by Crippen LogP contribution is -2.45. The Bertz CT molecular complexity index is 1140. The summed E-state index contributed by atoms with van der Waals surface area (Å²) in [6.07, 6.45) is 1.72. The molecule has 1 heterocycles. The highest BCUT2D eigenvalue weighted by Crippen LogP contribution is 2.19. The molecule has 30 heavy (non-hydrogen) atoms. The number of benzene rings is 2. The van der Waals surface area contributed by atoms with E-state index >= 15 is 0 Å². The van der Waals surface area contributed by atoms with Gasteiger partial charge in [0.05, 0.1) is 4.90 Å². The third kappa shape index (κ3) is 5.88. The Morgan fingerprint density at radius 3 is 2.37 bits per heavy atom. The van der Waals surface area contributed by atoms with Crippen molar-refractivity contribution in [3.63, 3.8) is 0 Å². The molecule has 1 unspecified atom stereocenters. The maximum Gasteiger partial charge on any atom is 0.270 e. The van der Waals surface area contributed by atoms with E-state index in [9.17, 15) is 18.0 Å². The Morgan fingerprint density at radius 2 is 1.70 bits per heavy atom. The van der Waals surface area contributed by atoms with Gasteiger partial charge in [-0.1, -0.05) is 42.5 Å². The summed E-state index contributed by atoms with van der Waals surface area (Å²) in [7, 11) is 1.43. The molecule has 154 valence electrons. The van der Waals surface area contributed by atoms with Gasteiger partial charge in [-0.25, -0.2) is 8.42 Å². The van der Waals surface area contributed by atoms with Crippen molar-refractivity contribution >= 4 is 37.2 Å². The van der Waals surface area contributed by atoms with E-state index in [2.05, 4.69) is 15.6 Å². The molecule has 3 rings (SSSR count). The molecule has 0 aliphatic rings. The Kier molecular flexibility index (Phi) is 6.81. The molecule has 0 radical (unpaired) electrons. The molecule has 2 amide bonds. The van der Waals surface area contributed by atoms with Crippen molar-refractivity contribution in [1.29, 1.82) is 0 Å². The second kappa shape index (κ2) is 9.51. The minimum atomic E-state index is -3.94. The smallest absolute Gasteiger partial charge is 0.270 e. The molecule has 1 atom stereocenters. The first-order valence-electron chi connectivity index (χ1n) is 8.94. The Hall–Kier alpha value is -3.23. The van der Waals surface area contributed by atoms with Crippen molar-refractivity contribution in [3.05, 3.63) is 90.3 Å². The van der Waals surface area contributed by atoms with Gasteiger partial charge in [-0.05, 0) is 35.9 Å². The Labute approximate surface area is 178 Å². The average molecular weight is 444 g/mol. The first kappa shape index (κ1) is 21.5. The van der Waals surface area contributed by atoms with Gasteiger partial charge in [-0.3, -0.25) is 14.6 Å². The molecule has 3 aromatic rings. The number of amides is 2. The van der Waals surface area contributed by atoms with Gasteiger partial charge in [-0.15, -0.1) is 0 Å². The first-order valence-corrected chi connectivity index (χ1v) is 11.3. The van der Waals surface area contributed by atoms with Gasteiger partial charge in [0.2, 0.25) is 5.91 Å². The van der Waals surface area contributed by atoms with Gasteiger partial charge >= 0.3 is 0 Å². The highest BCUT2D eigenvalue weighted by atomic mass is 35.7. The predicted octanol–water partition coefficient (Wildman–Crippen LogP) is 2.99. The Balaban J connectivity index is 1.82. The summed E-state index contributed by atoms with van der Waals surface area (Å²) in [6.45, 7) is 0. The first-order chi connectivity index (χ1) is 14.3. The molecule has 0 aliphatic heterocycles. The number of carbonyl (C=O) groups excluding carboxylic acids is 2. The number of rotatable bonds is 7. The van der Waals surface area contributed by atoms with Crippen LogP contribution in [0.25, 0.3) is 0 Å². The molecule has 7 nitrogen and oxygen atoms in total. The molecule has 2 N–H and O–H groups in total. The Morgan fingerprint density at radius 1 is 0.967 bits per heavy atom. The number of hydrogen-bond acceptors (Lipinski definition) is 5. The summed E-state index contributed by atoms with van der Waals surface area (Å²) >= 11 is 0. The number of anilines is 1. The van der Waals surface area contributed by atoms with E-state index in [0.717, 1.165) is 5.56 Å². The lowest BCUT2D eigenvalue weighted by atomic mass is 10.0. The number of hydrogen-bond donors (Lipinski definition) is 2. The van der Waals surface area contributed by atoms with Crippen LogP contribution in [-0.2, 0) is 20.3 Å². The topological polar surface area (TPSA) is 105 Å². The van der Waals surface area contributed by atoms with E-state index in [1.807, 2.05) is 30.3 Å². The molecule has 0 fully saturated rings. The third-order valence-corrected chi connectivity index (χ3v) is 5.54. The summed E-state index contributed by atoms with van der Waals surface area (Å²) in [5, 5.41) is 5.32. The average Bonchev–Trinajstić information content (AvgIpc) is 2.74. The van der Waals surface area contributed by atoms with Gasteiger partial charge in [-0.2, -0.15) is 0 Å². The van der Waals surface area contributed by atoms with E-state index in [-0.39, 0.29) is 22.7 Å². The summed E-state index contributed by atoms with van der Waals surface area (Å²) in [6, 6.07) is 18.7. The van der Waals surface area contributed by atoms with Gasteiger partial charge in [0.15, 0.2) is 0 Å². The SMILES string of the molecule is O=C(NC(Cc1ccccc1)C(=O)Nc1cccc(S(=O)(=O)Cl)c1)c1ccccn1. The van der Waals surface area contributed by atoms with E-state index < -0.39 is 26.9 Å². The molecule has 9 heteroatoms. The van der Waals surface area contributed by atoms with Crippen LogP contribution in [0.5, 0.6) is 0 Å². The normalized spacial score (nSPS) is 12.0. The maximum atomic E-state index is 12.9. The maximum absolute atomic E-state index is 12.9. The van der Waals surface area contributed by atoms with Crippen LogP contribution in [0, 0.1) is 0 Å². The summed E-state index contributed by atoms with van der Waals surface area (Å²) < 4.78 is 23.1. The number of carbonyl (C=O) groups is 2. The van der Waals surface area contributed by atoms with Gasteiger partial charge in [0.1, 0.15) is 11.7 Å². The molecular formula is C21H18ClN3O4S. The van der Waals surface area contributed by atoms with Crippen molar-refractivity contribution in [3.8, 4) is 0 Å². The van der Waals surface area contributed by atoms with Crippen LogP contribution in [0.1, 0.15) is 16.1 Å². The van der Waals surface area contributed by atoms with Crippen molar-refractivity contribution in [1.82, 2.24) is 10.3 Å². The van der Waals surface area contributed by atoms with Crippen LogP contribution < -0.4 is 10.6 Å². The van der Waals surface area contributed by atoms with E-state index in [4.69, 9.17) is 10.7 Å². The van der Waals surface area contributed by atoms with Crippen molar-refractivity contribution in [2.24, 2.45) is 0 Å². The van der Waals surface area contributed by atoms with Crippen LogP contribution in [0.3, 0.4) is 0 Å². The van der Waals surface area contributed by atoms with Crippen LogP contribution in [0.15, 0.2) is 83.9 Å². The number of nitrogens with one attached hydrogen (secondary N) is 2. The standard InChI is InChI=1S/C21H18ClN3O4S/c22-30(28,29)17-10-6-9-16(14-17)24-21(27)19(13-15-7-2-1-3-8-15)25-20(26)18-11-4-5-12-23-18/h1-12,14,19H,13H2,(H,24,27)(H,25,26). The van der Waals surface area contributed by atoms with E-state index in [0.29, 0.717) is 0 Å². The van der Waals surface area contributed by atoms with E-state index in [1.165, 1.54) is 30.5 Å². The molecule has 0 saturated heterocycles. The van der Waals surface area contributed by atoms with Gasteiger partial charge < -0.3 is 10.6 Å². The molecule has 2 aromatic carbocycles. The van der Waals surface area contributed by atoms with Gasteiger partial charge in [0.25, 0.3) is 15.0 Å². The molecule has 1 aromatic heterocycles. The monoisotopic (exact) mass is 443 g/mol. The number of halogens is 1. The molecule has 0 saturated carbocycles. The van der Waals surface area contributed by atoms with Crippen LogP contribution in [-0.4, -0.2) is 31.3 Å². The summed E-state index contributed by atoms with van der Waals surface area (Å²) in [5.74, 6) is -1.00. The molecule has 0 bridgehead atoms. The zero-order valence-electron chi connectivity index (χ0n) is 15.7. The van der Waals surface area contributed by atoms with Crippen molar-refractivity contribution in [2.45, 2.75) is 17.4 Å². The zero-order chi connectivity index (χ0) is 21.6. The van der Waals surface area contributed by atoms with E-state index in [1.54, 1.807) is 18.2 Å². The van der Waals surface area contributed by atoms with Crippen LogP contribution >= 0.6 is 10.7 Å². The van der Waals surface area contributed by atoms with Crippen molar-refractivity contribution in [2.75, 3.05) is 5.32 Å². The lowest BCUT2D eigenvalue weighted by molar-refractivity contribution is -0.118. The van der Waals surface area contributed by atoms with Crippen LogP contribution in [0.2, 0.25) is 0 Å². The molecular weight excluding hydrogens is 426 g/mol. The van der Waals surface area contributed by atoms with Crippen molar-refractivity contribution < 1.29 is 18.0 Å². The van der Waals surface area contributed by atoms with Crippen LogP contribution in [0.4, 0.5) is 5.69 Å². The predicted molar refractivity (Wildman–Crippen MR) is 114 cm³/mol. The zero-order valence-corrected chi connectivity index (χ0v) is 17.2. The fourth-order valence-corrected chi connectivity index (χ4v) is 3.54. The molecule has 0 spiro atoms.